The zero-order chi connectivity index (χ0) is 17.5. The summed E-state index contributed by atoms with van der Waals surface area (Å²) in [5.41, 5.74) is -0.302. The average Bonchev–Trinajstić information content (AvgIpc) is 2.44. The predicted molar refractivity (Wildman–Crippen MR) is 110 cm³/mol. The van der Waals surface area contributed by atoms with Gasteiger partial charge in [0, 0.05) is 32.7 Å². The van der Waals surface area contributed by atoms with Gasteiger partial charge in [-0.05, 0) is 52.9 Å². The quantitative estimate of drug-likeness (QED) is 0.389. The lowest BCUT2D eigenvalue weighted by Gasteiger charge is -2.39. The zero-order valence-corrected chi connectivity index (χ0v) is 18.4. The van der Waals surface area contributed by atoms with E-state index in [1.807, 2.05) is 25.7 Å². The van der Waals surface area contributed by atoms with Gasteiger partial charge in [-0.2, -0.15) is 0 Å². The highest BCUT2D eigenvalue weighted by Crippen LogP contribution is 2.31. The predicted octanol–water partition coefficient (Wildman–Crippen LogP) is 3.22. The molecule has 1 aliphatic heterocycles. The van der Waals surface area contributed by atoms with E-state index in [1.54, 1.807) is 0 Å². The van der Waals surface area contributed by atoms with E-state index in [-0.39, 0.29) is 35.5 Å². The van der Waals surface area contributed by atoms with Crippen LogP contribution in [0.25, 0.3) is 0 Å². The van der Waals surface area contributed by atoms with Crippen LogP contribution in [-0.2, 0) is 4.74 Å². The van der Waals surface area contributed by atoms with E-state index >= 15 is 0 Å². The van der Waals surface area contributed by atoms with E-state index in [2.05, 4.69) is 36.4 Å². The van der Waals surface area contributed by atoms with Crippen molar-refractivity contribution in [1.82, 2.24) is 15.5 Å². The Morgan fingerprint density at radius 3 is 2.08 bits per heavy atom. The number of aliphatic imine (C=N–C) groups is 1. The second kappa shape index (κ2) is 10.3. The molecule has 0 aromatic heterocycles. The minimum absolute atomic E-state index is 0. The van der Waals surface area contributed by atoms with Crippen molar-refractivity contribution in [2.45, 2.75) is 60.0 Å². The molecule has 0 saturated carbocycles. The Labute approximate surface area is 164 Å². The summed E-state index contributed by atoms with van der Waals surface area (Å²) >= 11 is 0. The molecule has 1 saturated heterocycles. The van der Waals surface area contributed by atoms with Gasteiger partial charge in [0.05, 0.1) is 0 Å². The van der Waals surface area contributed by atoms with Gasteiger partial charge in [0.2, 0.25) is 0 Å². The third kappa shape index (κ3) is 8.39. The van der Waals surface area contributed by atoms with E-state index in [9.17, 15) is 4.79 Å². The molecule has 24 heavy (non-hydrogen) atoms. The summed E-state index contributed by atoms with van der Waals surface area (Å²) in [4.78, 5) is 18.6. The number of rotatable bonds is 4. The molecule has 6 nitrogen and oxygen atoms in total. The molecule has 0 radical (unpaired) electrons. The van der Waals surface area contributed by atoms with Crippen molar-refractivity contribution >= 4 is 36.0 Å². The number of amides is 1. The Hall–Kier alpha value is -0.730. The summed E-state index contributed by atoms with van der Waals surface area (Å²) < 4.78 is 5.45. The van der Waals surface area contributed by atoms with Gasteiger partial charge in [0.1, 0.15) is 5.60 Å². The molecule has 1 rings (SSSR count). The Balaban J connectivity index is 0.00000529. The largest absolute Gasteiger partial charge is 0.444 e. The number of hydrogen-bond donors (Lipinski definition) is 2. The molecule has 2 N–H and O–H groups in total. The lowest BCUT2D eigenvalue weighted by atomic mass is 9.80. The fraction of sp³-hybridized carbons (Fsp3) is 0.882. The monoisotopic (exact) mass is 454 g/mol. The normalized spacial score (nSPS) is 16.7. The number of ether oxygens (including phenoxy) is 1. The van der Waals surface area contributed by atoms with Crippen molar-refractivity contribution in [3.63, 3.8) is 0 Å². The second-order valence-corrected chi connectivity index (χ2v) is 7.50. The summed E-state index contributed by atoms with van der Waals surface area (Å²) in [6.07, 6.45) is 1.69. The lowest BCUT2D eigenvalue weighted by molar-refractivity contribution is 0.0127. The molecule has 142 valence electrons. The molecule has 7 heteroatoms. The molecule has 0 aliphatic carbocycles. The molecule has 0 spiro atoms. The summed E-state index contributed by atoms with van der Waals surface area (Å²) in [7, 11) is 0. The summed E-state index contributed by atoms with van der Waals surface area (Å²) in [6.45, 7) is 16.0. The van der Waals surface area contributed by atoms with Gasteiger partial charge in [0.15, 0.2) is 5.96 Å². The number of nitrogens with zero attached hydrogens (tertiary/aromatic N) is 2. The molecule has 1 fully saturated rings. The first-order valence-electron chi connectivity index (χ1n) is 8.69. The van der Waals surface area contributed by atoms with E-state index in [0.29, 0.717) is 0 Å². The zero-order valence-electron chi connectivity index (χ0n) is 16.1. The molecular formula is C17H35IN4O2. The van der Waals surface area contributed by atoms with E-state index in [1.165, 1.54) is 0 Å². The van der Waals surface area contributed by atoms with Gasteiger partial charge in [-0.15, -0.1) is 24.0 Å². The second-order valence-electron chi connectivity index (χ2n) is 7.50. The molecule has 0 unspecified atom stereocenters. The van der Waals surface area contributed by atoms with Gasteiger partial charge >= 0.3 is 6.09 Å². The van der Waals surface area contributed by atoms with Crippen LogP contribution in [-0.4, -0.2) is 55.3 Å². The summed E-state index contributed by atoms with van der Waals surface area (Å²) in [5.74, 6) is 0.866. The molecule has 0 bridgehead atoms. The fourth-order valence-corrected chi connectivity index (χ4v) is 2.49. The highest BCUT2D eigenvalue weighted by molar-refractivity contribution is 14.0. The van der Waals surface area contributed by atoms with E-state index < -0.39 is 5.60 Å². The van der Waals surface area contributed by atoms with Gasteiger partial charge in [0.25, 0.3) is 0 Å². The minimum Gasteiger partial charge on any atom is -0.444 e. The molecule has 0 atom stereocenters. The van der Waals surface area contributed by atoms with Crippen LogP contribution in [0.1, 0.15) is 54.4 Å². The van der Waals surface area contributed by atoms with Crippen LogP contribution < -0.4 is 10.6 Å². The number of likely N-dealkylation sites (tertiary alicyclic amines) is 1. The average molecular weight is 454 g/mol. The van der Waals surface area contributed by atoms with Crippen LogP contribution in [0.15, 0.2) is 4.99 Å². The van der Waals surface area contributed by atoms with Gasteiger partial charge in [-0.1, -0.05) is 6.92 Å². The van der Waals surface area contributed by atoms with Gasteiger partial charge < -0.3 is 20.3 Å². The van der Waals surface area contributed by atoms with Crippen LogP contribution in [0.4, 0.5) is 4.79 Å². The molecular weight excluding hydrogens is 419 g/mol. The Morgan fingerprint density at radius 2 is 1.67 bits per heavy atom. The third-order valence-corrected chi connectivity index (χ3v) is 3.93. The Bertz CT molecular complexity index is 405. The van der Waals surface area contributed by atoms with Crippen LogP contribution in [0.5, 0.6) is 0 Å². The highest BCUT2D eigenvalue weighted by atomic mass is 127. The SMILES string of the molecule is CCNC(=NCC1(C)CCN(C(=O)OC(C)(C)C)CC1)NCC.I. The van der Waals surface area contributed by atoms with Gasteiger partial charge in [-0.3, -0.25) is 4.99 Å². The van der Waals surface area contributed by atoms with Crippen LogP contribution in [0.3, 0.4) is 0 Å². The maximum Gasteiger partial charge on any atom is 0.410 e. The summed E-state index contributed by atoms with van der Waals surface area (Å²) in [5, 5.41) is 6.49. The lowest BCUT2D eigenvalue weighted by Crippen LogP contribution is -2.45. The minimum atomic E-state index is -0.436. The molecule has 1 heterocycles. The summed E-state index contributed by atoms with van der Waals surface area (Å²) in [6, 6.07) is 0. The number of guanidine groups is 1. The molecule has 0 aromatic carbocycles. The van der Waals surface area contributed by atoms with Crippen molar-refractivity contribution in [2.75, 3.05) is 32.7 Å². The number of halogens is 1. The van der Waals surface area contributed by atoms with Crippen LogP contribution >= 0.6 is 24.0 Å². The smallest absolute Gasteiger partial charge is 0.410 e. The number of carbonyl (C=O) groups is 1. The topological polar surface area (TPSA) is 66.0 Å². The maximum atomic E-state index is 12.1. The Morgan fingerprint density at radius 1 is 1.17 bits per heavy atom. The highest BCUT2D eigenvalue weighted by Gasteiger charge is 2.33. The van der Waals surface area contributed by atoms with Crippen molar-refractivity contribution in [1.29, 1.82) is 0 Å². The van der Waals surface area contributed by atoms with Gasteiger partial charge in [-0.25, -0.2) is 4.79 Å². The maximum absolute atomic E-state index is 12.1. The third-order valence-electron chi connectivity index (χ3n) is 3.93. The van der Waals surface area contributed by atoms with Crippen molar-refractivity contribution in [3.8, 4) is 0 Å². The number of piperidine rings is 1. The fourth-order valence-electron chi connectivity index (χ4n) is 2.49. The first-order chi connectivity index (χ1) is 10.7. The van der Waals surface area contributed by atoms with Crippen LogP contribution in [0, 0.1) is 5.41 Å². The first kappa shape index (κ1) is 23.3. The molecule has 1 amide bonds. The number of carbonyl (C=O) groups excluding carboxylic acids is 1. The van der Waals surface area contributed by atoms with Crippen LogP contribution in [0.2, 0.25) is 0 Å². The number of hydrogen-bond acceptors (Lipinski definition) is 3. The molecule has 1 aliphatic rings. The number of nitrogens with one attached hydrogen (secondary N) is 2. The first-order valence-corrected chi connectivity index (χ1v) is 8.69. The van der Waals surface area contributed by atoms with Crippen molar-refractivity contribution in [3.05, 3.63) is 0 Å². The standard InChI is InChI=1S/C17H34N4O2.HI/c1-7-18-14(19-8-2)20-13-17(6)9-11-21(12-10-17)15(22)23-16(3,4)5;/h7-13H2,1-6H3,(H2,18,19,20);1H. The van der Waals surface area contributed by atoms with Crippen molar-refractivity contribution in [2.24, 2.45) is 10.4 Å². The van der Waals surface area contributed by atoms with E-state index in [0.717, 1.165) is 51.5 Å². The van der Waals surface area contributed by atoms with E-state index in [4.69, 9.17) is 4.74 Å². The van der Waals surface area contributed by atoms with Crippen molar-refractivity contribution < 1.29 is 9.53 Å². The Kier molecular flexibility index (Phi) is 9.99. The molecule has 0 aromatic rings.